The summed E-state index contributed by atoms with van der Waals surface area (Å²) in [4.78, 5) is 0. The van der Waals surface area contributed by atoms with Crippen molar-refractivity contribution in [1.29, 1.82) is 0 Å². The van der Waals surface area contributed by atoms with Crippen molar-refractivity contribution in [2.45, 2.75) is 19.4 Å². The molecule has 0 aliphatic carbocycles. The number of benzene rings is 1. The molecule has 1 heterocycles. The highest BCUT2D eigenvalue weighted by molar-refractivity contribution is 5.48. The number of nitrogens with two attached hydrogens (primary N) is 1. The molecule has 0 saturated heterocycles. The Morgan fingerprint density at radius 2 is 2.20 bits per heavy atom. The van der Waals surface area contributed by atoms with E-state index in [0.717, 1.165) is 23.5 Å². The van der Waals surface area contributed by atoms with Gasteiger partial charge in [-0.2, -0.15) is 0 Å². The molecule has 1 aromatic carbocycles. The van der Waals surface area contributed by atoms with Crippen molar-refractivity contribution in [3.05, 3.63) is 23.8 Å². The molecular weight excluding hydrogens is 192 g/mol. The standard InChI is InChI=1S/C11H16N2O2/c1-2-9(13-12)8-4-3-5-10-11(8)15-7-6-14-10/h3-5,9,13H,2,6-7,12H2,1H3. The second-order valence-electron chi connectivity index (χ2n) is 3.50. The molecular formula is C11H16N2O2. The van der Waals surface area contributed by atoms with E-state index in [1.54, 1.807) is 0 Å². The van der Waals surface area contributed by atoms with Gasteiger partial charge in [-0.25, -0.2) is 0 Å². The van der Waals surface area contributed by atoms with Gasteiger partial charge in [0.05, 0.1) is 0 Å². The van der Waals surface area contributed by atoms with Crippen LogP contribution in [0.4, 0.5) is 0 Å². The fourth-order valence-corrected chi connectivity index (χ4v) is 1.80. The average molecular weight is 208 g/mol. The molecule has 1 unspecified atom stereocenters. The van der Waals surface area contributed by atoms with Crippen LogP contribution in [0.5, 0.6) is 11.5 Å². The topological polar surface area (TPSA) is 56.5 Å². The second kappa shape index (κ2) is 4.51. The first-order chi connectivity index (χ1) is 7.36. The Labute approximate surface area is 89.3 Å². The molecule has 0 radical (unpaired) electrons. The summed E-state index contributed by atoms with van der Waals surface area (Å²) in [5.74, 6) is 7.14. The zero-order valence-corrected chi connectivity index (χ0v) is 8.82. The molecule has 4 nitrogen and oxygen atoms in total. The van der Waals surface area contributed by atoms with E-state index in [9.17, 15) is 0 Å². The summed E-state index contributed by atoms with van der Waals surface area (Å²) >= 11 is 0. The molecule has 0 saturated carbocycles. The zero-order valence-electron chi connectivity index (χ0n) is 8.82. The summed E-state index contributed by atoms with van der Waals surface area (Å²) in [5, 5.41) is 0. The van der Waals surface area contributed by atoms with Gasteiger partial charge in [0.15, 0.2) is 11.5 Å². The molecule has 3 N–H and O–H groups in total. The van der Waals surface area contributed by atoms with E-state index in [-0.39, 0.29) is 6.04 Å². The highest BCUT2D eigenvalue weighted by Crippen LogP contribution is 2.37. The minimum absolute atomic E-state index is 0.113. The lowest BCUT2D eigenvalue weighted by Gasteiger charge is -2.24. The van der Waals surface area contributed by atoms with Gasteiger partial charge < -0.3 is 9.47 Å². The summed E-state index contributed by atoms with van der Waals surface area (Å²) < 4.78 is 11.1. The van der Waals surface area contributed by atoms with Crippen LogP contribution in [-0.4, -0.2) is 13.2 Å². The van der Waals surface area contributed by atoms with E-state index in [1.165, 1.54) is 0 Å². The minimum Gasteiger partial charge on any atom is -0.486 e. The average Bonchev–Trinajstić information content (AvgIpc) is 2.31. The summed E-state index contributed by atoms with van der Waals surface area (Å²) in [6.07, 6.45) is 0.913. The van der Waals surface area contributed by atoms with Crippen molar-refractivity contribution in [1.82, 2.24) is 5.43 Å². The van der Waals surface area contributed by atoms with Gasteiger partial charge in [0.25, 0.3) is 0 Å². The van der Waals surface area contributed by atoms with Gasteiger partial charge in [-0.05, 0) is 12.5 Å². The Morgan fingerprint density at radius 1 is 1.40 bits per heavy atom. The van der Waals surface area contributed by atoms with E-state index in [4.69, 9.17) is 15.3 Å². The maximum atomic E-state index is 5.62. The van der Waals surface area contributed by atoms with Crippen molar-refractivity contribution < 1.29 is 9.47 Å². The van der Waals surface area contributed by atoms with Crippen molar-refractivity contribution in [3.63, 3.8) is 0 Å². The molecule has 0 bridgehead atoms. The van der Waals surface area contributed by atoms with Crippen LogP contribution in [0.3, 0.4) is 0 Å². The minimum atomic E-state index is 0.113. The van der Waals surface area contributed by atoms with E-state index in [1.807, 2.05) is 18.2 Å². The monoisotopic (exact) mass is 208 g/mol. The smallest absolute Gasteiger partial charge is 0.166 e. The number of hydrogen-bond donors (Lipinski definition) is 2. The van der Waals surface area contributed by atoms with Crippen LogP contribution < -0.4 is 20.7 Å². The van der Waals surface area contributed by atoms with Crippen LogP contribution in [0, 0.1) is 0 Å². The summed E-state index contributed by atoms with van der Waals surface area (Å²) in [6.45, 7) is 3.29. The highest BCUT2D eigenvalue weighted by atomic mass is 16.6. The molecule has 1 aliphatic heterocycles. The fourth-order valence-electron chi connectivity index (χ4n) is 1.80. The van der Waals surface area contributed by atoms with Crippen LogP contribution in [0.25, 0.3) is 0 Å². The maximum absolute atomic E-state index is 5.62. The number of rotatable bonds is 3. The molecule has 82 valence electrons. The number of fused-ring (bicyclic) bond motifs is 1. The van der Waals surface area contributed by atoms with Gasteiger partial charge in [0.2, 0.25) is 0 Å². The molecule has 1 atom stereocenters. The first-order valence-corrected chi connectivity index (χ1v) is 5.21. The molecule has 2 rings (SSSR count). The first-order valence-electron chi connectivity index (χ1n) is 5.21. The molecule has 4 heteroatoms. The third-order valence-electron chi connectivity index (χ3n) is 2.58. The maximum Gasteiger partial charge on any atom is 0.166 e. The third-order valence-corrected chi connectivity index (χ3v) is 2.58. The van der Waals surface area contributed by atoms with Crippen molar-refractivity contribution in [2.24, 2.45) is 5.84 Å². The zero-order chi connectivity index (χ0) is 10.7. The van der Waals surface area contributed by atoms with E-state index >= 15 is 0 Å². The number of nitrogens with one attached hydrogen (secondary N) is 1. The molecule has 15 heavy (non-hydrogen) atoms. The van der Waals surface area contributed by atoms with Gasteiger partial charge in [0.1, 0.15) is 13.2 Å². The van der Waals surface area contributed by atoms with Gasteiger partial charge >= 0.3 is 0 Å². The van der Waals surface area contributed by atoms with Crippen LogP contribution in [0.15, 0.2) is 18.2 Å². The summed E-state index contributed by atoms with van der Waals surface area (Å²) in [7, 11) is 0. The Morgan fingerprint density at radius 3 is 2.93 bits per heavy atom. The molecule has 0 aromatic heterocycles. The molecule has 0 fully saturated rings. The highest BCUT2D eigenvalue weighted by Gasteiger charge is 2.19. The van der Waals surface area contributed by atoms with E-state index in [0.29, 0.717) is 13.2 Å². The Balaban J connectivity index is 2.38. The predicted molar refractivity (Wildman–Crippen MR) is 57.8 cm³/mol. The number of para-hydroxylation sites is 1. The summed E-state index contributed by atoms with van der Waals surface area (Å²) in [6, 6.07) is 6.01. The quantitative estimate of drug-likeness (QED) is 0.582. The van der Waals surface area contributed by atoms with Crippen molar-refractivity contribution in [3.8, 4) is 11.5 Å². The van der Waals surface area contributed by atoms with Crippen molar-refractivity contribution >= 4 is 0 Å². The Hall–Kier alpha value is -1.26. The van der Waals surface area contributed by atoms with Crippen LogP contribution in [-0.2, 0) is 0 Å². The SMILES string of the molecule is CCC(NN)c1cccc2c1OCCO2. The number of ether oxygens (including phenoxy) is 2. The van der Waals surface area contributed by atoms with Crippen LogP contribution in [0.2, 0.25) is 0 Å². The molecule has 0 spiro atoms. The molecule has 1 aliphatic rings. The fraction of sp³-hybridized carbons (Fsp3) is 0.455. The van der Waals surface area contributed by atoms with E-state index in [2.05, 4.69) is 12.3 Å². The Kier molecular flexibility index (Phi) is 3.08. The molecule has 0 amide bonds. The van der Waals surface area contributed by atoms with Gasteiger partial charge in [-0.15, -0.1) is 0 Å². The number of hydrazine groups is 1. The third kappa shape index (κ3) is 1.91. The largest absolute Gasteiger partial charge is 0.486 e. The second-order valence-corrected chi connectivity index (χ2v) is 3.50. The van der Waals surface area contributed by atoms with Gasteiger partial charge in [0, 0.05) is 11.6 Å². The van der Waals surface area contributed by atoms with Gasteiger partial charge in [-0.1, -0.05) is 19.1 Å². The lowest BCUT2D eigenvalue weighted by molar-refractivity contribution is 0.168. The first kappa shape index (κ1) is 10.3. The van der Waals surface area contributed by atoms with Crippen LogP contribution in [0.1, 0.15) is 24.9 Å². The molecule has 1 aromatic rings. The lowest BCUT2D eigenvalue weighted by Crippen LogP contribution is -2.28. The van der Waals surface area contributed by atoms with Crippen molar-refractivity contribution in [2.75, 3.05) is 13.2 Å². The summed E-state index contributed by atoms with van der Waals surface area (Å²) in [5.41, 5.74) is 3.85. The number of hydrogen-bond acceptors (Lipinski definition) is 4. The van der Waals surface area contributed by atoms with Gasteiger partial charge in [-0.3, -0.25) is 11.3 Å². The normalized spacial score (nSPS) is 16.1. The lowest BCUT2D eigenvalue weighted by atomic mass is 10.0. The Bertz CT molecular complexity index is 337. The van der Waals surface area contributed by atoms with Crippen LogP contribution >= 0.6 is 0 Å². The predicted octanol–water partition coefficient (Wildman–Crippen LogP) is 1.37. The van der Waals surface area contributed by atoms with E-state index < -0.39 is 0 Å².